The molecule has 0 fully saturated rings. The molecule has 278 valence electrons. The van der Waals surface area contributed by atoms with Crippen LogP contribution in [-0.4, -0.2) is 11.6 Å². The fourth-order valence-corrected chi connectivity index (χ4v) is 10.0. The minimum absolute atomic E-state index is 0.129. The summed E-state index contributed by atoms with van der Waals surface area (Å²) in [6.07, 6.45) is 28.8. The summed E-state index contributed by atoms with van der Waals surface area (Å²) in [5, 5.41) is 0. The van der Waals surface area contributed by atoms with E-state index in [2.05, 4.69) is 62.4 Å². The third-order valence-corrected chi connectivity index (χ3v) is 13.0. The molecule has 4 aromatic rings. The van der Waals surface area contributed by atoms with Gasteiger partial charge in [0, 0.05) is 27.7 Å². The summed E-state index contributed by atoms with van der Waals surface area (Å²) in [4.78, 5) is 27.7. The van der Waals surface area contributed by atoms with Crippen molar-refractivity contribution in [1.29, 1.82) is 0 Å². The summed E-state index contributed by atoms with van der Waals surface area (Å²) in [6, 6.07) is 25.6. The Bertz CT molecular complexity index is 1770. The van der Waals surface area contributed by atoms with Crippen molar-refractivity contribution in [3.05, 3.63) is 106 Å². The van der Waals surface area contributed by atoms with E-state index in [4.69, 9.17) is 0 Å². The standard InChI is InChI=1S/C51H62O2/c1-3-5-7-9-11-13-15-17-19-25-31-51(32-26-20-18-16-14-12-10-8-6-4-2)47-35-41-37-27-21-23-29-39(37)49(52)45(41)33-43(47)44-34-46-42(36-48(44)51)38-28-22-24-30-40(38)50(46)53/h21-24,27-30,33-36H,3-20,25-26,31-32H2,1-2H3. The molecule has 0 aromatic heterocycles. The third-order valence-electron chi connectivity index (χ3n) is 13.0. The zero-order valence-electron chi connectivity index (χ0n) is 32.8. The molecule has 53 heavy (non-hydrogen) atoms. The molecule has 0 bridgehead atoms. The second kappa shape index (κ2) is 17.6. The topological polar surface area (TPSA) is 34.1 Å². The van der Waals surface area contributed by atoms with Gasteiger partial charge in [0.2, 0.25) is 0 Å². The first kappa shape index (κ1) is 37.5. The molecule has 0 unspecified atom stereocenters. The van der Waals surface area contributed by atoms with Crippen LogP contribution >= 0.6 is 0 Å². The molecule has 0 heterocycles. The molecule has 0 saturated carbocycles. The second-order valence-corrected chi connectivity index (χ2v) is 16.6. The molecule has 7 rings (SSSR count). The first-order chi connectivity index (χ1) is 26.1. The molecular weight excluding hydrogens is 645 g/mol. The van der Waals surface area contributed by atoms with Crippen LogP contribution in [0.15, 0.2) is 72.8 Å². The fourth-order valence-electron chi connectivity index (χ4n) is 10.0. The number of benzene rings is 4. The van der Waals surface area contributed by atoms with E-state index in [1.165, 1.54) is 151 Å². The fraction of sp³-hybridized carbons (Fsp3) is 0.490. The van der Waals surface area contributed by atoms with Crippen LogP contribution in [0, 0.1) is 0 Å². The number of carbonyl (C=O) groups excluding carboxylic acids is 2. The molecule has 0 N–H and O–H groups in total. The number of carbonyl (C=O) groups is 2. The Morgan fingerprint density at radius 1 is 0.340 bits per heavy atom. The van der Waals surface area contributed by atoms with Crippen LogP contribution in [0.5, 0.6) is 0 Å². The first-order valence-corrected chi connectivity index (χ1v) is 21.7. The number of hydrogen-bond acceptors (Lipinski definition) is 2. The molecule has 2 nitrogen and oxygen atoms in total. The van der Waals surface area contributed by atoms with Gasteiger partial charge in [-0.2, -0.15) is 0 Å². The highest BCUT2D eigenvalue weighted by Gasteiger charge is 2.45. The van der Waals surface area contributed by atoms with E-state index in [-0.39, 0.29) is 17.0 Å². The quantitative estimate of drug-likeness (QED) is 0.0659. The maximum Gasteiger partial charge on any atom is 0.194 e. The predicted octanol–water partition coefficient (Wildman–Crippen LogP) is 15.0. The molecule has 2 heteroatoms. The summed E-state index contributed by atoms with van der Waals surface area (Å²) in [6.45, 7) is 4.59. The molecule has 0 saturated heterocycles. The average molecular weight is 707 g/mol. The van der Waals surface area contributed by atoms with Gasteiger partial charge in [0.15, 0.2) is 11.6 Å². The lowest BCUT2D eigenvalue weighted by molar-refractivity contribution is 0.103. The van der Waals surface area contributed by atoms with Gasteiger partial charge in [0.1, 0.15) is 0 Å². The van der Waals surface area contributed by atoms with Crippen LogP contribution in [0.2, 0.25) is 0 Å². The lowest BCUT2D eigenvalue weighted by atomic mass is 9.69. The summed E-state index contributed by atoms with van der Waals surface area (Å²) < 4.78 is 0. The number of fused-ring (bicyclic) bond motifs is 9. The highest BCUT2D eigenvalue weighted by Crippen LogP contribution is 2.58. The number of hydrogen-bond donors (Lipinski definition) is 0. The van der Waals surface area contributed by atoms with Crippen LogP contribution < -0.4 is 0 Å². The number of ketones is 2. The van der Waals surface area contributed by atoms with Gasteiger partial charge < -0.3 is 0 Å². The molecule has 4 aromatic carbocycles. The lowest BCUT2D eigenvalue weighted by Crippen LogP contribution is -2.26. The van der Waals surface area contributed by atoms with E-state index < -0.39 is 0 Å². The smallest absolute Gasteiger partial charge is 0.194 e. The van der Waals surface area contributed by atoms with Crippen LogP contribution in [0.4, 0.5) is 0 Å². The van der Waals surface area contributed by atoms with Crippen LogP contribution in [-0.2, 0) is 5.41 Å². The van der Waals surface area contributed by atoms with Crippen molar-refractivity contribution in [2.24, 2.45) is 0 Å². The van der Waals surface area contributed by atoms with Gasteiger partial charge in [-0.3, -0.25) is 9.59 Å². The van der Waals surface area contributed by atoms with Gasteiger partial charge in [0.25, 0.3) is 0 Å². The minimum Gasteiger partial charge on any atom is -0.289 e. The van der Waals surface area contributed by atoms with Crippen molar-refractivity contribution in [2.45, 2.75) is 161 Å². The highest BCUT2D eigenvalue weighted by atomic mass is 16.1. The molecule has 0 aliphatic heterocycles. The normalized spacial score (nSPS) is 14.2. The summed E-state index contributed by atoms with van der Waals surface area (Å²) in [5.41, 5.74) is 12.7. The maximum atomic E-state index is 13.8. The van der Waals surface area contributed by atoms with Crippen LogP contribution in [0.1, 0.15) is 198 Å². The zero-order valence-corrected chi connectivity index (χ0v) is 32.8. The Balaban J connectivity index is 1.20. The predicted molar refractivity (Wildman–Crippen MR) is 223 cm³/mol. The van der Waals surface area contributed by atoms with Gasteiger partial charge >= 0.3 is 0 Å². The Hall–Kier alpha value is -3.78. The summed E-state index contributed by atoms with van der Waals surface area (Å²) in [5.74, 6) is 0.262. The van der Waals surface area contributed by atoms with E-state index in [1.54, 1.807) is 0 Å². The van der Waals surface area contributed by atoms with Crippen molar-refractivity contribution in [2.75, 3.05) is 0 Å². The van der Waals surface area contributed by atoms with Crippen molar-refractivity contribution < 1.29 is 9.59 Å². The summed E-state index contributed by atoms with van der Waals surface area (Å²) in [7, 11) is 0. The SMILES string of the molecule is CCCCCCCCCCCCC1(CCCCCCCCCCCC)c2cc3c(cc2-c2cc4c(cc21)-c1ccccc1C4=O)C(=O)c1ccccc1-3. The Morgan fingerprint density at radius 2 is 0.660 bits per heavy atom. The van der Waals surface area contributed by atoms with Crippen LogP contribution in [0.25, 0.3) is 33.4 Å². The van der Waals surface area contributed by atoms with Crippen molar-refractivity contribution in [1.82, 2.24) is 0 Å². The molecule has 0 atom stereocenters. The molecule has 0 radical (unpaired) electrons. The van der Waals surface area contributed by atoms with E-state index in [1.807, 2.05) is 24.3 Å². The van der Waals surface area contributed by atoms with Gasteiger partial charge in [0.05, 0.1) is 0 Å². The van der Waals surface area contributed by atoms with Crippen LogP contribution in [0.3, 0.4) is 0 Å². The van der Waals surface area contributed by atoms with Crippen molar-refractivity contribution >= 4 is 11.6 Å². The summed E-state index contributed by atoms with van der Waals surface area (Å²) >= 11 is 0. The van der Waals surface area contributed by atoms with E-state index in [0.717, 1.165) is 57.3 Å². The lowest BCUT2D eigenvalue weighted by Gasteiger charge is -2.33. The molecular formula is C51H62O2. The number of unbranched alkanes of at least 4 members (excludes halogenated alkanes) is 18. The van der Waals surface area contributed by atoms with Crippen molar-refractivity contribution in [3.63, 3.8) is 0 Å². The van der Waals surface area contributed by atoms with Gasteiger partial charge in [-0.1, -0.05) is 191 Å². The maximum absolute atomic E-state index is 13.8. The van der Waals surface area contributed by atoms with Crippen molar-refractivity contribution in [3.8, 4) is 33.4 Å². The molecule has 3 aliphatic rings. The Morgan fingerprint density at radius 3 is 1.02 bits per heavy atom. The van der Waals surface area contributed by atoms with Gasteiger partial charge in [-0.15, -0.1) is 0 Å². The van der Waals surface area contributed by atoms with Gasteiger partial charge in [-0.05, 0) is 81.6 Å². The van der Waals surface area contributed by atoms with E-state index in [0.29, 0.717) is 0 Å². The zero-order chi connectivity index (χ0) is 36.6. The molecule has 0 amide bonds. The Kier molecular flexibility index (Phi) is 12.4. The molecule has 0 spiro atoms. The average Bonchev–Trinajstić information content (AvgIpc) is 3.73. The minimum atomic E-state index is -0.129. The highest BCUT2D eigenvalue weighted by molar-refractivity contribution is 6.24. The number of rotatable bonds is 22. The van der Waals surface area contributed by atoms with Gasteiger partial charge in [-0.25, -0.2) is 0 Å². The largest absolute Gasteiger partial charge is 0.289 e. The van der Waals surface area contributed by atoms with E-state index >= 15 is 0 Å². The first-order valence-electron chi connectivity index (χ1n) is 21.7. The third kappa shape index (κ3) is 7.63. The molecule has 3 aliphatic carbocycles. The monoisotopic (exact) mass is 706 g/mol. The van der Waals surface area contributed by atoms with E-state index in [9.17, 15) is 9.59 Å². The second-order valence-electron chi connectivity index (χ2n) is 16.6. The Labute approximate surface area is 320 Å².